The highest BCUT2D eigenvalue weighted by Gasteiger charge is 2.20. The van der Waals surface area contributed by atoms with E-state index in [1.807, 2.05) is 31.2 Å². The Balaban J connectivity index is 2.86. The molecule has 0 spiro atoms. The fourth-order valence-corrected chi connectivity index (χ4v) is 1.73. The molecule has 98 valence electrons. The maximum atomic E-state index is 10.7. The van der Waals surface area contributed by atoms with Crippen molar-refractivity contribution in [3.63, 3.8) is 0 Å². The second-order valence-corrected chi connectivity index (χ2v) is 4.28. The van der Waals surface area contributed by atoms with Crippen LogP contribution in [0.2, 0.25) is 0 Å². The highest BCUT2D eigenvalue weighted by molar-refractivity contribution is 5.72. The Bertz CT molecular complexity index is 411. The molecule has 0 fully saturated rings. The van der Waals surface area contributed by atoms with Crippen LogP contribution in [-0.4, -0.2) is 40.1 Å². The maximum absolute atomic E-state index is 10.7. The predicted octanol–water partition coefficient (Wildman–Crippen LogP) is 1.53. The molecule has 1 aromatic rings. The molecular weight excluding hydrogens is 234 g/mol. The molecule has 1 unspecified atom stereocenters. The van der Waals surface area contributed by atoms with Crippen LogP contribution < -0.4 is 0 Å². The van der Waals surface area contributed by atoms with Gasteiger partial charge in [0, 0.05) is 6.04 Å². The van der Waals surface area contributed by atoms with E-state index in [1.54, 1.807) is 6.92 Å². The van der Waals surface area contributed by atoms with Crippen LogP contribution >= 0.6 is 0 Å². The van der Waals surface area contributed by atoms with Gasteiger partial charge in [-0.05, 0) is 19.4 Å². The number of carboxylic acids is 2. The minimum atomic E-state index is -1.03. The molecule has 0 aliphatic rings. The van der Waals surface area contributed by atoms with Gasteiger partial charge in [-0.1, -0.05) is 29.8 Å². The van der Waals surface area contributed by atoms with Crippen molar-refractivity contribution in [2.75, 3.05) is 13.1 Å². The molecule has 0 saturated heterocycles. The van der Waals surface area contributed by atoms with E-state index in [0.717, 1.165) is 11.1 Å². The van der Waals surface area contributed by atoms with Crippen LogP contribution in [0.3, 0.4) is 0 Å². The highest BCUT2D eigenvalue weighted by Crippen LogP contribution is 2.20. The van der Waals surface area contributed by atoms with E-state index in [4.69, 9.17) is 10.2 Å². The van der Waals surface area contributed by atoms with E-state index < -0.39 is 11.9 Å². The smallest absolute Gasteiger partial charge is 0.317 e. The third-order valence-corrected chi connectivity index (χ3v) is 2.78. The zero-order chi connectivity index (χ0) is 13.7. The van der Waals surface area contributed by atoms with E-state index in [2.05, 4.69) is 0 Å². The van der Waals surface area contributed by atoms with Crippen LogP contribution in [0, 0.1) is 6.92 Å². The SMILES string of the molecule is Cc1ccc(C(C)N(CC(=O)O)CC(=O)O)cc1. The molecule has 0 heterocycles. The molecule has 0 bridgehead atoms. The zero-order valence-electron chi connectivity index (χ0n) is 10.5. The van der Waals surface area contributed by atoms with Gasteiger partial charge in [-0.15, -0.1) is 0 Å². The third kappa shape index (κ3) is 4.18. The number of benzene rings is 1. The number of aliphatic carboxylic acids is 2. The standard InChI is InChI=1S/C13H17NO4/c1-9-3-5-11(6-4-9)10(2)14(7-12(15)16)8-13(17)18/h3-6,10H,7-8H2,1-2H3,(H,15,16)(H,17,18). The summed E-state index contributed by atoms with van der Waals surface area (Å²) in [7, 11) is 0. The molecule has 18 heavy (non-hydrogen) atoms. The Kier molecular flexibility index (Phi) is 4.85. The van der Waals surface area contributed by atoms with Crippen LogP contribution in [0.5, 0.6) is 0 Å². The van der Waals surface area contributed by atoms with Crippen LogP contribution in [0.1, 0.15) is 24.1 Å². The Morgan fingerprint density at radius 2 is 1.56 bits per heavy atom. The first kappa shape index (κ1) is 14.2. The van der Waals surface area contributed by atoms with Crippen LogP contribution in [0.4, 0.5) is 0 Å². The summed E-state index contributed by atoms with van der Waals surface area (Å²) >= 11 is 0. The molecule has 1 rings (SSSR count). The van der Waals surface area contributed by atoms with Gasteiger partial charge in [0.15, 0.2) is 0 Å². The van der Waals surface area contributed by atoms with Gasteiger partial charge in [-0.25, -0.2) is 0 Å². The number of hydrogen-bond acceptors (Lipinski definition) is 3. The maximum Gasteiger partial charge on any atom is 0.317 e. The predicted molar refractivity (Wildman–Crippen MR) is 66.4 cm³/mol. The molecule has 0 aliphatic heterocycles. The summed E-state index contributed by atoms with van der Waals surface area (Å²) < 4.78 is 0. The molecule has 5 heteroatoms. The second kappa shape index (κ2) is 6.16. The number of carboxylic acid groups (broad SMARTS) is 2. The summed E-state index contributed by atoms with van der Waals surface area (Å²) in [5.74, 6) is -2.06. The summed E-state index contributed by atoms with van der Waals surface area (Å²) in [5.41, 5.74) is 2.01. The largest absolute Gasteiger partial charge is 0.480 e. The van der Waals surface area contributed by atoms with Gasteiger partial charge in [0.25, 0.3) is 0 Å². The molecule has 0 amide bonds. The Hall–Kier alpha value is -1.88. The zero-order valence-corrected chi connectivity index (χ0v) is 10.5. The summed E-state index contributed by atoms with van der Waals surface area (Å²) in [6, 6.07) is 7.36. The van der Waals surface area contributed by atoms with Crippen molar-refractivity contribution in [1.29, 1.82) is 0 Å². The summed E-state index contributed by atoms with van der Waals surface area (Å²) in [5, 5.41) is 17.6. The second-order valence-electron chi connectivity index (χ2n) is 4.28. The number of carbonyl (C=O) groups is 2. The highest BCUT2D eigenvalue weighted by atomic mass is 16.4. The number of rotatable bonds is 6. The summed E-state index contributed by atoms with van der Waals surface area (Å²) in [6.45, 7) is 3.18. The van der Waals surface area contributed by atoms with Gasteiger partial charge >= 0.3 is 11.9 Å². The first-order valence-corrected chi connectivity index (χ1v) is 5.64. The normalized spacial score (nSPS) is 12.4. The molecule has 0 aromatic heterocycles. The first-order chi connectivity index (χ1) is 8.40. The fourth-order valence-electron chi connectivity index (χ4n) is 1.73. The minimum absolute atomic E-state index is 0.252. The third-order valence-electron chi connectivity index (χ3n) is 2.78. The lowest BCUT2D eigenvalue weighted by Gasteiger charge is -2.26. The van der Waals surface area contributed by atoms with Crippen molar-refractivity contribution < 1.29 is 19.8 Å². The molecule has 0 saturated carbocycles. The monoisotopic (exact) mass is 251 g/mol. The Morgan fingerprint density at radius 3 is 1.94 bits per heavy atom. The van der Waals surface area contributed by atoms with Crippen LogP contribution in [-0.2, 0) is 9.59 Å². The summed E-state index contributed by atoms with van der Waals surface area (Å²) in [6.07, 6.45) is 0. The quantitative estimate of drug-likeness (QED) is 0.801. The van der Waals surface area contributed by atoms with Gasteiger partial charge in [-0.3, -0.25) is 14.5 Å². The summed E-state index contributed by atoms with van der Waals surface area (Å²) in [4.78, 5) is 22.9. The van der Waals surface area contributed by atoms with Gasteiger partial charge in [0.05, 0.1) is 13.1 Å². The molecule has 1 aromatic carbocycles. The molecule has 0 aliphatic carbocycles. The van der Waals surface area contributed by atoms with Crippen molar-refractivity contribution in [2.45, 2.75) is 19.9 Å². The van der Waals surface area contributed by atoms with E-state index in [0.29, 0.717) is 0 Å². The Labute approximate surface area is 106 Å². The molecule has 0 radical (unpaired) electrons. The van der Waals surface area contributed by atoms with Crippen molar-refractivity contribution >= 4 is 11.9 Å². The molecular formula is C13H17NO4. The topological polar surface area (TPSA) is 77.8 Å². The van der Waals surface area contributed by atoms with Crippen molar-refractivity contribution in [2.24, 2.45) is 0 Å². The van der Waals surface area contributed by atoms with Gasteiger partial charge in [0.2, 0.25) is 0 Å². The first-order valence-electron chi connectivity index (χ1n) is 5.64. The fraction of sp³-hybridized carbons (Fsp3) is 0.385. The number of nitrogens with zero attached hydrogens (tertiary/aromatic N) is 1. The average molecular weight is 251 g/mol. The van der Waals surface area contributed by atoms with E-state index in [1.165, 1.54) is 4.90 Å². The van der Waals surface area contributed by atoms with Crippen molar-refractivity contribution in [1.82, 2.24) is 4.90 Å². The van der Waals surface area contributed by atoms with E-state index >= 15 is 0 Å². The molecule has 5 nitrogen and oxygen atoms in total. The van der Waals surface area contributed by atoms with Gasteiger partial charge in [0.1, 0.15) is 0 Å². The number of hydrogen-bond donors (Lipinski definition) is 2. The van der Waals surface area contributed by atoms with Crippen molar-refractivity contribution in [3.05, 3.63) is 35.4 Å². The van der Waals surface area contributed by atoms with E-state index in [9.17, 15) is 9.59 Å². The van der Waals surface area contributed by atoms with Gasteiger partial charge in [-0.2, -0.15) is 0 Å². The van der Waals surface area contributed by atoms with Crippen LogP contribution in [0.15, 0.2) is 24.3 Å². The lowest BCUT2D eigenvalue weighted by atomic mass is 10.1. The van der Waals surface area contributed by atoms with Crippen LogP contribution in [0.25, 0.3) is 0 Å². The minimum Gasteiger partial charge on any atom is -0.480 e. The van der Waals surface area contributed by atoms with E-state index in [-0.39, 0.29) is 19.1 Å². The lowest BCUT2D eigenvalue weighted by molar-refractivity contribution is -0.142. The Morgan fingerprint density at radius 1 is 1.11 bits per heavy atom. The lowest BCUT2D eigenvalue weighted by Crippen LogP contribution is -2.36. The van der Waals surface area contributed by atoms with Crippen molar-refractivity contribution in [3.8, 4) is 0 Å². The molecule has 1 atom stereocenters. The molecule has 2 N–H and O–H groups in total. The average Bonchev–Trinajstić information content (AvgIpc) is 2.27. The van der Waals surface area contributed by atoms with Gasteiger partial charge < -0.3 is 10.2 Å². The number of aryl methyl sites for hydroxylation is 1.